The molecule has 0 aromatic carbocycles. The molecule has 1 atom stereocenters. The van der Waals surface area contributed by atoms with Crippen LogP contribution in [0.2, 0.25) is 0 Å². The molecular formula is C9H19N2O2+. The summed E-state index contributed by atoms with van der Waals surface area (Å²) in [4.78, 5) is 10.8. The Balaban J connectivity index is 3.88. The lowest BCUT2D eigenvalue weighted by Gasteiger charge is -2.30. The topological polar surface area (TPSA) is 49.3 Å². The summed E-state index contributed by atoms with van der Waals surface area (Å²) >= 11 is 0. The molecule has 0 bridgehead atoms. The van der Waals surface area contributed by atoms with E-state index >= 15 is 0 Å². The van der Waals surface area contributed by atoms with Gasteiger partial charge in [0.15, 0.2) is 6.67 Å². The average molecular weight is 187 g/mol. The van der Waals surface area contributed by atoms with E-state index in [-0.39, 0.29) is 12.0 Å². The lowest BCUT2D eigenvalue weighted by molar-refractivity contribution is -0.894. The molecule has 4 heteroatoms. The van der Waals surface area contributed by atoms with Gasteiger partial charge in [0, 0.05) is 0 Å². The van der Waals surface area contributed by atoms with Gasteiger partial charge >= 0.3 is 0 Å². The Morgan fingerprint density at radius 2 is 2.23 bits per heavy atom. The van der Waals surface area contributed by atoms with Crippen molar-refractivity contribution in [3.63, 3.8) is 0 Å². The van der Waals surface area contributed by atoms with E-state index in [1.165, 1.54) is 6.08 Å². The standard InChI is InChI=1S/C9H18N2O2/c1-5-9(13)10-7-11(3,4)6-8(2)12/h5,8,12H,1,6-7H2,2-4H3/p+1. The van der Waals surface area contributed by atoms with Crippen LogP contribution in [0.4, 0.5) is 0 Å². The van der Waals surface area contributed by atoms with Crippen LogP contribution in [0, 0.1) is 0 Å². The van der Waals surface area contributed by atoms with Gasteiger partial charge < -0.3 is 14.9 Å². The van der Waals surface area contributed by atoms with Gasteiger partial charge in [-0.1, -0.05) is 6.58 Å². The number of nitrogens with zero attached hydrogens (tertiary/aromatic N) is 1. The molecule has 0 saturated carbocycles. The Bertz CT molecular complexity index is 188. The lowest BCUT2D eigenvalue weighted by Crippen LogP contribution is -2.51. The van der Waals surface area contributed by atoms with Gasteiger partial charge in [0.05, 0.1) is 14.1 Å². The fourth-order valence-corrected chi connectivity index (χ4v) is 1.14. The van der Waals surface area contributed by atoms with Crippen molar-refractivity contribution in [1.29, 1.82) is 0 Å². The van der Waals surface area contributed by atoms with Gasteiger partial charge in [0.1, 0.15) is 12.6 Å². The average Bonchev–Trinajstić information content (AvgIpc) is 1.98. The van der Waals surface area contributed by atoms with Crippen LogP contribution in [0.25, 0.3) is 0 Å². The summed E-state index contributed by atoms with van der Waals surface area (Å²) in [7, 11) is 3.88. The predicted molar refractivity (Wildman–Crippen MR) is 51.9 cm³/mol. The van der Waals surface area contributed by atoms with Gasteiger partial charge in [-0.05, 0) is 13.0 Å². The van der Waals surface area contributed by atoms with Crippen LogP contribution >= 0.6 is 0 Å². The molecule has 0 aliphatic heterocycles. The Kier molecular flexibility index (Phi) is 4.66. The Hall–Kier alpha value is -0.870. The maximum atomic E-state index is 10.8. The number of likely N-dealkylation sites (N-methyl/N-ethyl adjacent to an activating group) is 1. The Morgan fingerprint density at radius 1 is 1.69 bits per heavy atom. The first-order chi connectivity index (χ1) is 5.87. The molecule has 2 N–H and O–H groups in total. The summed E-state index contributed by atoms with van der Waals surface area (Å²) in [5.74, 6) is -0.184. The summed E-state index contributed by atoms with van der Waals surface area (Å²) < 4.78 is 0.553. The summed E-state index contributed by atoms with van der Waals surface area (Å²) in [5, 5.41) is 11.8. The maximum absolute atomic E-state index is 10.8. The van der Waals surface area contributed by atoms with E-state index in [9.17, 15) is 4.79 Å². The van der Waals surface area contributed by atoms with Crippen molar-refractivity contribution in [2.75, 3.05) is 27.3 Å². The third-order valence-electron chi connectivity index (χ3n) is 1.63. The van der Waals surface area contributed by atoms with Crippen molar-refractivity contribution in [3.8, 4) is 0 Å². The molecule has 0 aliphatic carbocycles. The third-order valence-corrected chi connectivity index (χ3v) is 1.63. The van der Waals surface area contributed by atoms with Crippen molar-refractivity contribution in [2.24, 2.45) is 0 Å². The summed E-state index contributed by atoms with van der Waals surface area (Å²) in [5.41, 5.74) is 0. The highest BCUT2D eigenvalue weighted by Gasteiger charge is 2.17. The zero-order valence-electron chi connectivity index (χ0n) is 8.58. The highest BCUT2D eigenvalue weighted by molar-refractivity contribution is 5.86. The van der Waals surface area contributed by atoms with E-state index in [2.05, 4.69) is 11.9 Å². The van der Waals surface area contributed by atoms with E-state index in [0.717, 1.165) is 0 Å². The number of aliphatic hydroxyl groups excluding tert-OH is 1. The molecule has 0 aromatic heterocycles. The van der Waals surface area contributed by atoms with Crippen molar-refractivity contribution in [1.82, 2.24) is 5.32 Å². The van der Waals surface area contributed by atoms with Crippen LogP contribution in [0.1, 0.15) is 6.92 Å². The quantitative estimate of drug-likeness (QED) is 0.353. The van der Waals surface area contributed by atoms with Gasteiger partial charge in [0.2, 0.25) is 5.91 Å². The second-order valence-electron chi connectivity index (χ2n) is 3.87. The molecule has 0 heterocycles. The van der Waals surface area contributed by atoms with E-state index in [4.69, 9.17) is 5.11 Å². The van der Waals surface area contributed by atoms with E-state index in [1.807, 2.05) is 14.1 Å². The second-order valence-corrected chi connectivity index (χ2v) is 3.87. The van der Waals surface area contributed by atoms with Crippen LogP contribution in [0.5, 0.6) is 0 Å². The van der Waals surface area contributed by atoms with E-state index in [1.54, 1.807) is 6.92 Å². The molecule has 0 aromatic rings. The zero-order valence-corrected chi connectivity index (χ0v) is 8.58. The minimum atomic E-state index is -0.365. The normalized spacial score (nSPS) is 13.5. The molecule has 1 unspecified atom stereocenters. The van der Waals surface area contributed by atoms with E-state index < -0.39 is 0 Å². The van der Waals surface area contributed by atoms with Crippen molar-refractivity contribution in [2.45, 2.75) is 13.0 Å². The van der Waals surface area contributed by atoms with Crippen LogP contribution in [-0.2, 0) is 4.79 Å². The summed E-state index contributed by atoms with van der Waals surface area (Å²) in [6.45, 7) is 6.19. The minimum Gasteiger partial charge on any atom is -0.388 e. The van der Waals surface area contributed by atoms with Gasteiger partial charge in [-0.2, -0.15) is 0 Å². The first kappa shape index (κ1) is 12.1. The molecule has 13 heavy (non-hydrogen) atoms. The largest absolute Gasteiger partial charge is 0.388 e. The molecular weight excluding hydrogens is 168 g/mol. The molecule has 0 fully saturated rings. The van der Waals surface area contributed by atoms with Crippen LogP contribution < -0.4 is 5.32 Å². The summed E-state index contributed by atoms with van der Waals surface area (Å²) in [6, 6.07) is 0. The number of nitrogens with one attached hydrogen (secondary N) is 1. The van der Waals surface area contributed by atoms with Gasteiger partial charge in [-0.15, -0.1) is 0 Å². The Morgan fingerprint density at radius 3 is 2.62 bits per heavy atom. The number of carbonyl (C=O) groups is 1. The summed E-state index contributed by atoms with van der Waals surface area (Å²) in [6.07, 6.45) is 0.873. The van der Waals surface area contributed by atoms with Crippen LogP contribution in [0.3, 0.4) is 0 Å². The first-order valence-electron chi connectivity index (χ1n) is 4.28. The first-order valence-corrected chi connectivity index (χ1v) is 4.28. The molecule has 0 saturated heterocycles. The maximum Gasteiger partial charge on any atom is 0.247 e. The van der Waals surface area contributed by atoms with Crippen LogP contribution in [-0.4, -0.2) is 48.9 Å². The Labute approximate surface area is 79.4 Å². The second kappa shape index (κ2) is 4.99. The number of rotatable bonds is 5. The molecule has 0 rings (SSSR count). The van der Waals surface area contributed by atoms with Crippen molar-refractivity contribution >= 4 is 5.91 Å². The lowest BCUT2D eigenvalue weighted by atomic mass is 10.3. The number of carbonyl (C=O) groups excluding carboxylic acids is 1. The zero-order chi connectivity index (χ0) is 10.5. The minimum absolute atomic E-state index is 0.184. The SMILES string of the molecule is C=CC(=O)NC[N+](C)(C)CC(C)O. The van der Waals surface area contributed by atoms with Crippen molar-refractivity contribution < 1.29 is 14.4 Å². The third kappa shape index (κ3) is 6.31. The molecule has 0 radical (unpaired) electrons. The molecule has 0 aliphatic rings. The smallest absolute Gasteiger partial charge is 0.247 e. The van der Waals surface area contributed by atoms with Crippen molar-refractivity contribution in [3.05, 3.63) is 12.7 Å². The number of hydrogen-bond acceptors (Lipinski definition) is 2. The fourth-order valence-electron chi connectivity index (χ4n) is 1.14. The van der Waals surface area contributed by atoms with Gasteiger partial charge in [-0.25, -0.2) is 0 Å². The molecule has 0 spiro atoms. The number of hydrogen-bond donors (Lipinski definition) is 2. The highest BCUT2D eigenvalue weighted by atomic mass is 16.3. The number of quaternary nitrogens is 1. The predicted octanol–water partition coefficient (Wildman–Crippen LogP) is -0.297. The van der Waals surface area contributed by atoms with Gasteiger partial charge in [0.25, 0.3) is 0 Å². The number of aliphatic hydroxyl groups is 1. The van der Waals surface area contributed by atoms with Gasteiger partial charge in [-0.3, -0.25) is 4.79 Å². The number of amides is 1. The molecule has 76 valence electrons. The molecule has 1 amide bonds. The molecule has 4 nitrogen and oxygen atoms in total. The van der Waals surface area contributed by atoms with Crippen LogP contribution in [0.15, 0.2) is 12.7 Å². The fraction of sp³-hybridized carbons (Fsp3) is 0.667. The highest BCUT2D eigenvalue weighted by Crippen LogP contribution is 1.97. The van der Waals surface area contributed by atoms with E-state index in [0.29, 0.717) is 17.7 Å². The monoisotopic (exact) mass is 187 g/mol.